The molecule has 136 valence electrons. The van der Waals surface area contributed by atoms with Crippen LogP contribution in [0.2, 0.25) is 0 Å². The average molecular weight is 372 g/mol. The predicted molar refractivity (Wildman–Crippen MR) is 102 cm³/mol. The standard InChI is InChI=1S/C19H20N2O4S/c1-10-11(2)25-12(3)17(10)18(22)21-19-20-15(9-26-19)14-8-13(23-4)6-7-16(14)24-5/h6-9H,1-5H3,(H,20,21,22). The van der Waals surface area contributed by atoms with Gasteiger partial charge in [0, 0.05) is 16.5 Å². The molecular weight excluding hydrogens is 352 g/mol. The number of aryl methyl sites for hydroxylation is 2. The molecule has 0 radical (unpaired) electrons. The third kappa shape index (κ3) is 3.30. The smallest absolute Gasteiger partial charge is 0.261 e. The minimum Gasteiger partial charge on any atom is -0.497 e. The molecule has 1 N–H and O–H groups in total. The molecule has 2 aromatic heterocycles. The Bertz CT molecular complexity index is 959. The van der Waals surface area contributed by atoms with Crippen molar-refractivity contribution in [2.75, 3.05) is 19.5 Å². The summed E-state index contributed by atoms with van der Waals surface area (Å²) in [7, 11) is 3.21. The summed E-state index contributed by atoms with van der Waals surface area (Å²) in [6.45, 7) is 5.49. The SMILES string of the molecule is COc1ccc(OC)c(-c2csc(NC(=O)c3c(C)oc(C)c3C)n2)c1. The van der Waals surface area contributed by atoms with E-state index in [2.05, 4.69) is 10.3 Å². The van der Waals surface area contributed by atoms with E-state index in [1.807, 2.05) is 37.4 Å². The molecule has 0 spiro atoms. The molecule has 0 saturated heterocycles. The molecule has 7 heteroatoms. The van der Waals surface area contributed by atoms with E-state index in [1.54, 1.807) is 21.1 Å². The minimum absolute atomic E-state index is 0.227. The maximum atomic E-state index is 12.6. The van der Waals surface area contributed by atoms with Crippen LogP contribution in [0.4, 0.5) is 5.13 Å². The van der Waals surface area contributed by atoms with E-state index < -0.39 is 0 Å². The Balaban J connectivity index is 1.88. The number of methoxy groups -OCH3 is 2. The molecule has 0 aliphatic rings. The van der Waals surface area contributed by atoms with Gasteiger partial charge in [-0.05, 0) is 39.0 Å². The van der Waals surface area contributed by atoms with Crippen LogP contribution >= 0.6 is 11.3 Å². The highest BCUT2D eigenvalue weighted by Crippen LogP contribution is 2.35. The normalized spacial score (nSPS) is 10.7. The second-order valence-corrected chi connectivity index (χ2v) is 6.63. The molecule has 3 rings (SSSR count). The highest BCUT2D eigenvalue weighted by atomic mass is 32.1. The summed E-state index contributed by atoms with van der Waals surface area (Å²) in [5.74, 6) is 2.51. The molecule has 3 aromatic rings. The van der Waals surface area contributed by atoms with Crippen LogP contribution in [0.3, 0.4) is 0 Å². The van der Waals surface area contributed by atoms with E-state index in [0.29, 0.717) is 33.6 Å². The van der Waals surface area contributed by atoms with Crippen molar-refractivity contribution < 1.29 is 18.7 Å². The Morgan fingerprint density at radius 1 is 1.15 bits per heavy atom. The second-order valence-electron chi connectivity index (χ2n) is 5.77. The number of nitrogens with one attached hydrogen (secondary N) is 1. The summed E-state index contributed by atoms with van der Waals surface area (Å²) in [4.78, 5) is 17.1. The first kappa shape index (κ1) is 18.0. The molecule has 1 aromatic carbocycles. The van der Waals surface area contributed by atoms with E-state index in [-0.39, 0.29) is 5.91 Å². The van der Waals surface area contributed by atoms with Gasteiger partial charge in [0.15, 0.2) is 5.13 Å². The van der Waals surface area contributed by atoms with Gasteiger partial charge in [0.05, 0.1) is 25.5 Å². The van der Waals surface area contributed by atoms with Crippen molar-refractivity contribution >= 4 is 22.4 Å². The third-order valence-corrected chi connectivity index (χ3v) is 4.95. The number of aromatic nitrogens is 1. The maximum absolute atomic E-state index is 12.6. The van der Waals surface area contributed by atoms with Crippen LogP contribution in [0.1, 0.15) is 27.4 Å². The molecule has 0 unspecified atom stereocenters. The minimum atomic E-state index is -0.227. The summed E-state index contributed by atoms with van der Waals surface area (Å²) in [6.07, 6.45) is 0. The maximum Gasteiger partial charge on any atom is 0.261 e. The van der Waals surface area contributed by atoms with Crippen LogP contribution in [-0.2, 0) is 0 Å². The van der Waals surface area contributed by atoms with Gasteiger partial charge in [-0.3, -0.25) is 10.1 Å². The first-order valence-corrected chi connectivity index (χ1v) is 8.88. The lowest BCUT2D eigenvalue weighted by Gasteiger charge is -2.08. The highest BCUT2D eigenvalue weighted by molar-refractivity contribution is 7.14. The van der Waals surface area contributed by atoms with Gasteiger partial charge in [-0.25, -0.2) is 4.98 Å². The second kappa shape index (κ2) is 7.21. The molecule has 1 amide bonds. The van der Waals surface area contributed by atoms with Crippen molar-refractivity contribution in [3.05, 3.63) is 46.2 Å². The number of hydrogen-bond donors (Lipinski definition) is 1. The van der Waals surface area contributed by atoms with Crippen LogP contribution < -0.4 is 14.8 Å². The van der Waals surface area contributed by atoms with Crippen molar-refractivity contribution in [2.45, 2.75) is 20.8 Å². The van der Waals surface area contributed by atoms with Crippen LogP contribution in [0.5, 0.6) is 11.5 Å². The molecule has 0 aliphatic carbocycles. The number of carbonyl (C=O) groups is 1. The van der Waals surface area contributed by atoms with Crippen LogP contribution in [0, 0.1) is 20.8 Å². The number of amides is 1. The number of furan rings is 1. The van der Waals surface area contributed by atoms with E-state index in [4.69, 9.17) is 13.9 Å². The number of ether oxygens (including phenoxy) is 2. The number of hydrogen-bond acceptors (Lipinski definition) is 6. The average Bonchev–Trinajstić information content (AvgIpc) is 3.18. The zero-order chi connectivity index (χ0) is 18.8. The monoisotopic (exact) mass is 372 g/mol. The summed E-state index contributed by atoms with van der Waals surface area (Å²) in [5.41, 5.74) is 2.90. The molecule has 0 fully saturated rings. The Kier molecular flexibility index (Phi) is 4.99. The van der Waals surface area contributed by atoms with Crippen molar-refractivity contribution in [3.8, 4) is 22.8 Å². The summed E-state index contributed by atoms with van der Waals surface area (Å²) in [6, 6.07) is 5.50. The fourth-order valence-electron chi connectivity index (χ4n) is 2.76. The molecule has 2 heterocycles. The lowest BCUT2D eigenvalue weighted by atomic mass is 10.1. The van der Waals surface area contributed by atoms with Gasteiger partial charge in [0.25, 0.3) is 5.91 Å². The zero-order valence-corrected chi connectivity index (χ0v) is 16.1. The van der Waals surface area contributed by atoms with Crippen molar-refractivity contribution in [2.24, 2.45) is 0 Å². The third-order valence-electron chi connectivity index (χ3n) is 4.20. The predicted octanol–water partition coefficient (Wildman–Crippen LogP) is 4.60. The lowest BCUT2D eigenvalue weighted by Crippen LogP contribution is -2.13. The van der Waals surface area contributed by atoms with E-state index in [9.17, 15) is 4.79 Å². The van der Waals surface area contributed by atoms with E-state index in [1.165, 1.54) is 11.3 Å². The largest absolute Gasteiger partial charge is 0.497 e. The summed E-state index contributed by atoms with van der Waals surface area (Å²) in [5, 5.41) is 5.22. The highest BCUT2D eigenvalue weighted by Gasteiger charge is 2.20. The first-order chi connectivity index (χ1) is 12.4. The Morgan fingerprint density at radius 3 is 2.54 bits per heavy atom. The van der Waals surface area contributed by atoms with Crippen molar-refractivity contribution in [3.63, 3.8) is 0 Å². The fraction of sp³-hybridized carbons (Fsp3) is 0.263. The number of anilines is 1. The molecule has 6 nitrogen and oxygen atoms in total. The number of thiazole rings is 1. The summed E-state index contributed by atoms with van der Waals surface area (Å²) >= 11 is 1.35. The van der Waals surface area contributed by atoms with Gasteiger partial charge >= 0.3 is 0 Å². The number of nitrogens with zero attached hydrogens (tertiary/aromatic N) is 1. The van der Waals surface area contributed by atoms with Gasteiger partial charge in [0.1, 0.15) is 23.0 Å². The quantitative estimate of drug-likeness (QED) is 0.709. The Hall–Kier alpha value is -2.80. The lowest BCUT2D eigenvalue weighted by molar-refractivity contribution is 0.102. The topological polar surface area (TPSA) is 73.6 Å². The first-order valence-electron chi connectivity index (χ1n) is 8.00. The molecule has 0 aliphatic heterocycles. The van der Waals surface area contributed by atoms with Crippen molar-refractivity contribution in [1.29, 1.82) is 0 Å². The molecule has 0 atom stereocenters. The van der Waals surface area contributed by atoms with Gasteiger partial charge < -0.3 is 13.9 Å². The molecule has 0 saturated carbocycles. The van der Waals surface area contributed by atoms with Crippen LogP contribution in [-0.4, -0.2) is 25.1 Å². The van der Waals surface area contributed by atoms with Gasteiger partial charge in [-0.2, -0.15) is 0 Å². The van der Waals surface area contributed by atoms with Gasteiger partial charge in [-0.1, -0.05) is 0 Å². The van der Waals surface area contributed by atoms with Crippen LogP contribution in [0.15, 0.2) is 28.0 Å². The fourth-order valence-corrected chi connectivity index (χ4v) is 3.46. The zero-order valence-electron chi connectivity index (χ0n) is 15.3. The summed E-state index contributed by atoms with van der Waals surface area (Å²) < 4.78 is 16.2. The molecule has 0 bridgehead atoms. The van der Waals surface area contributed by atoms with Gasteiger partial charge in [0.2, 0.25) is 0 Å². The number of benzene rings is 1. The van der Waals surface area contributed by atoms with Crippen LogP contribution in [0.25, 0.3) is 11.3 Å². The molecular formula is C19H20N2O4S. The van der Waals surface area contributed by atoms with E-state index >= 15 is 0 Å². The number of carbonyl (C=O) groups excluding carboxylic acids is 1. The number of rotatable bonds is 5. The van der Waals surface area contributed by atoms with E-state index in [0.717, 1.165) is 16.9 Å². The Morgan fingerprint density at radius 2 is 1.92 bits per heavy atom. The molecule has 26 heavy (non-hydrogen) atoms. The van der Waals surface area contributed by atoms with Crippen molar-refractivity contribution in [1.82, 2.24) is 4.98 Å². The Labute approximate surface area is 155 Å². The van der Waals surface area contributed by atoms with Gasteiger partial charge in [-0.15, -0.1) is 11.3 Å².